The van der Waals surface area contributed by atoms with Crippen LogP contribution in [0.1, 0.15) is 24.0 Å². The third-order valence-electron chi connectivity index (χ3n) is 2.98. The van der Waals surface area contributed by atoms with E-state index in [1.54, 1.807) is 12.1 Å². The number of nitriles is 1. The highest BCUT2D eigenvalue weighted by Gasteiger charge is 2.23. The third kappa shape index (κ3) is 4.23. The van der Waals surface area contributed by atoms with Gasteiger partial charge in [-0.15, -0.1) is 0 Å². The molecule has 1 aliphatic carbocycles. The monoisotopic (exact) mass is 277 g/mol. The molecule has 0 aliphatic heterocycles. The molecule has 19 heavy (non-hydrogen) atoms. The second kappa shape index (κ2) is 6.05. The van der Waals surface area contributed by atoms with Crippen molar-refractivity contribution in [2.24, 2.45) is 0 Å². The Hall–Kier alpha value is -1.57. The van der Waals surface area contributed by atoms with E-state index in [0.717, 1.165) is 18.4 Å². The van der Waals surface area contributed by atoms with Gasteiger partial charge >= 0.3 is 0 Å². The van der Waals surface area contributed by atoms with Gasteiger partial charge < -0.3 is 5.32 Å². The molecule has 0 heterocycles. The van der Waals surface area contributed by atoms with Crippen molar-refractivity contribution in [3.05, 3.63) is 34.3 Å². The summed E-state index contributed by atoms with van der Waals surface area (Å²) in [5.74, 6) is 0.0507. The molecule has 1 saturated carbocycles. The van der Waals surface area contributed by atoms with E-state index >= 15 is 0 Å². The summed E-state index contributed by atoms with van der Waals surface area (Å²) in [7, 11) is 1.88. The van der Waals surface area contributed by atoms with Crippen molar-refractivity contribution < 1.29 is 4.79 Å². The fourth-order valence-electron chi connectivity index (χ4n) is 1.84. The average molecular weight is 278 g/mol. The zero-order chi connectivity index (χ0) is 13.8. The second-order valence-electron chi connectivity index (χ2n) is 4.93. The molecule has 4 nitrogen and oxygen atoms in total. The van der Waals surface area contributed by atoms with E-state index in [1.807, 2.05) is 24.1 Å². The van der Waals surface area contributed by atoms with Gasteiger partial charge in [0.2, 0.25) is 5.91 Å². The van der Waals surface area contributed by atoms with Gasteiger partial charge in [0.1, 0.15) is 0 Å². The van der Waals surface area contributed by atoms with Crippen LogP contribution in [0.15, 0.2) is 18.2 Å². The quantitative estimate of drug-likeness (QED) is 0.895. The highest BCUT2D eigenvalue weighted by Crippen LogP contribution is 2.20. The van der Waals surface area contributed by atoms with Crippen molar-refractivity contribution in [1.29, 1.82) is 5.26 Å². The van der Waals surface area contributed by atoms with Crippen LogP contribution in [0.2, 0.25) is 5.02 Å². The third-order valence-corrected chi connectivity index (χ3v) is 3.33. The fourth-order valence-corrected chi connectivity index (χ4v) is 2.08. The van der Waals surface area contributed by atoms with Crippen LogP contribution in [0.25, 0.3) is 0 Å². The maximum atomic E-state index is 11.7. The topological polar surface area (TPSA) is 56.1 Å². The first kappa shape index (κ1) is 13.9. The van der Waals surface area contributed by atoms with Gasteiger partial charge in [-0.25, -0.2) is 0 Å². The molecule has 0 radical (unpaired) electrons. The zero-order valence-corrected chi connectivity index (χ0v) is 11.6. The minimum atomic E-state index is 0.0507. The molecule has 0 bridgehead atoms. The number of nitrogens with zero attached hydrogens (tertiary/aromatic N) is 2. The van der Waals surface area contributed by atoms with E-state index in [9.17, 15) is 4.79 Å². The molecule has 1 N–H and O–H groups in total. The summed E-state index contributed by atoms with van der Waals surface area (Å²) < 4.78 is 0. The molecule has 1 fully saturated rings. The normalized spacial score (nSPS) is 14.2. The molecular weight excluding hydrogens is 262 g/mol. The van der Waals surface area contributed by atoms with Gasteiger partial charge in [0.25, 0.3) is 0 Å². The molecular formula is C14H16ClN3O. The second-order valence-corrected chi connectivity index (χ2v) is 5.34. The Morgan fingerprint density at radius 3 is 2.89 bits per heavy atom. The Morgan fingerprint density at radius 2 is 2.32 bits per heavy atom. The van der Waals surface area contributed by atoms with Crippen molar-refractivity contribution in [2.75, 3.05) is 13.6 Å². The maximum Gasteiger partial charge on any atom is 0.234 e. The predicted octanol–water partition coefficient (Wildman–Crippen LogP) is 1.92. The molecule has 5 heteroatoms. The highest BCUT2D eigenvalue weighted by molar-refractivity contribution is 6.31. The number of halogens is 1. The van der Waals surface area contributed by atoms with Crippen molar-refractivity contribution in [1.82, 2.24) is 10.2 Å². The van der Waals surface area contributed by atoms with E-state index in [-0.39, 0.29) is 5.91 Å². The summed E-state index contributed by atoms with van der Waals surface area (Å²) in [5.41, 5.74) is 1.46. The van der Waals surface area contributed by atoms with Crippen LogP contribution in [-0.2, 0) is 11.3 Å². The molecule has 0 spiro atoms. The first-order valence-electron chi connectivity index (χ1n) is 6.25. The van der Waals surface area contributed by atoms with Gasteiger partial charge in [-0.1, -0.05) is 17.7 Å². The number of hydrogen-bond donors (Lipinski definition) is 1. The van der Waals surface area contributed by atoms with Crippen molar-refractivity contribution in [3.8, 4) is 6.07 Å². The SMILES string of the molecule is CN(CC(=O)NC1CC1)Cc1ccc(C#N)cc1Cl. The Balaban J connectivity index is 1.89. The van der Waals surface area contributed by atoms with Crippen LogP contribution < -0.4 is 5.32 Å². The van der Waals surface area contributed by atoms with Gasteiger partial charge in [0.05, 0.1) is 18.2 Å². The minimum Gasteiger partial charge on any atom is -0.352 e. The molecule has 0 saturated heterocycles. The molecule has 1 aromatic rings. The number of carbonyl (C=O) groups is 1. The number of benzene rings is 1. The van der Waals surface area contributed by atoms with Crippen LogP contribution in [0.5, 0.6) is 0 Å². The van der Waals surface area contributed by atoms with Crippen LogP contribution in [-0.4, -0.2) is 30.4 Å². The number of rotatable bonds is 5. The maximum absolute atomic E-state index is 11.7. The van der Waals surface area contributed by atoms with Gasteiger partial charge in [-0.05, 0) is 37.6 Å². The van der Waals surface area contributed by atoms with Gasteiger partial charge in [0, 0.05) is 17.6 Å². The van der Waals surface area contributed by atoms with E-state index in [0.29, 0.717) is 29.7 Å². The highest BCUT2D eigenvalue weighted by atomic mass is 35.5. The lowest BCUT2D eigenvalue weighted by Crippen LogP contribution is -2.35. The molecule has 1 aromatic carbocycles. The first-order valence-corrected chi connectivity index (χ1v) is 6.62. The number of hydrogen-bond acceptors (Lipinski definition) is 3. The number of nitrogens with one attached hydrogen (secondary N) is 1. The van der Waals surface area contributed by atoms with Crippen LogP contribution in [0.3, 0.4) is 0 Å². The first-order chi connectivity index (χ1) is 9.08. The number of likely N-dealkylation sites (N-methyl/N-ethyl adjacent to an activating group) is 1. The molecule has 1 amide bonds. The lowest BCUT2D eigenvalue weighted by molar-refractivity contribution is -0.122. The Labute approximate surface area is 118 Å². The van der Waals surface area contributed by atoms with E-state index in [2.05, 4.69) is 5.32 Å². The largest absolute Gasteiger partial charge is 0.352 e. The number of amides is 1. The predicted molar refractivity (Wildman–Crippen MR) is 73.7 cm³/mol. The molecule has 2 rings (SSSR count). The summed E-state index contributed by atoms with van der Waals surface area (Å²) in [4.78, 5) is 13.6. The lowest BCUT2D eigenvalue weighted by Gasteiger charge is -2.17. The molecule has 100 valence electrons. The van der Waals surface area contributed by atoms with Crippen LogP contribution in [0, 0.1) is 11.3 Å². The van der Waals surface area contributed by atoms with Gasteiger partial charge in [-0.3, -0.25) is 9.69 Å². The lowest BCUT2D eigenvalue weighted by atomic mass is 10.1. The molecule has 0 atom stereocenters. The van der Waals surface area contributed by atoms with Crippen molar-refractivity contribution in [3.63, 3.8) is 0 Å². The summed E-state index contributed by atoms with van der Waals surface area (Å²) in [5, 5.41) is 12.3. The average Bonchev–Trinajstić information content (AvgIpc) is 3.15. The standard InChI is InChI=1S/C14H16ClN3O/c1-18(9-14(19)17-12-4-5-12)8-11-3-2-10(7-16)6-13(11)15/h2-3,6,12H,4-5,8-9H2,1H3,(H,17,19). The van der Waals surface area contributed by atoms with Gasteiger partial charge in [-0.2, -0.15) is 5.26 Å². The summed E-state index contributed by atoms with van der Waals surface area (Å²) in [6, 6.07) is 7.65. The minimum absolute atomic E-state index is 0.0507. The Morgan fingerprint density at radius 1 is 1.58 bits per heavy atom. The van der Waals surface area contributed by atoms with E-state index in [1.165, 1.54) is 0 Å². The zero-order valence-electron chi connectivity index (χ0n) is 10.8. The van der Waals surface area contributed by atoms with Crippen molar-refractivity contribution >= 4 is 17.5 Å². The van der Waals surface area contributed by atoms with E-state index < -0.39 is 0 Å². The summed E-state index contributed by atoms with van der Waals surface area (Å²) in [6.45, 7) is 0.940. The smallest absolute Gasteiger partial charge is 0.234 e. The fraction of sp³-hybridized carbons (Fsp3) is 0.429. The summed E-state index contributed by atoms with van der Waals surface area (Å²) in [6.07, 6.45) is 2.19. The molecule has 0 aromatic heterocycles. The van der Waals surface area contributed by atoms with Crippen molar-refractivity contribution in [2.45, 2.75) is 25.4 Å². The van der Waals surface area contributed by atoms with Crippen LogP contribution in [0.4, 0.5) is 0 Å². The van der Waals surface area contributed by atoms with Crippen LogP contribution >= 0.6 is 11.6 Å². The Kier molecular flexibility index (Phi) is 4.41. The summed E-state index contributed by atoms with van der Waals surface area (Å²) >= 11 is 6.10. The molecule has 0 unspecified atom stereocenters. The Bertz CT molecular complexity index is 520. The van der Waals surface area contributed by atoms with E-state index in [4.69, 9.17) is 16.9 Å². The van der Waals surface area contributed by atoms with Gasteiger partial charge in [0.15, 0.2) is 0 Å². The number of carbonyl (C=O) groups excluding carboxylic acids is 1. The molecule has 1 aliphatic rings.